The summed E-state index contributed by atoms with van der Waals surface area (Å²) in [5, 5.41) is 0.119. The molecule has 2 aromatic carbocycles. The van der Waals surface area contributed by atoms with E-state index in [4.69, 9.17) is 4.42 Å². The number of Topliss-reactive ketones (excluding diaryl/α,β-unsaturated/α-hetero) is 1. The standard InChI is InChI=1S/C20H20N2O4S2/c1-22(2)28(24,25)14-10-11-17-16(12-14)21-20(26-17)27-18-9-5-7-13-6-3-4-8-15(13)19(18)23/h3-4,6,8,10-12,18H,5,7,9H2,1-2H3. The van der Waals surface area contributed by atoms with Gasteiger partial charge in [0.25, 0.3) is 5.22 Å². The van der Waals surface area contributed by atoms with Gasteiger partial charge in [-0.05, 0) is 43.0 Å². The van der Waals surface area contributed by atoms with Crippen LogP contribution in [0.15, 0.2) is 57.0 Å². The van der Waals surface area contributed by atoms with Crippen molar-refractivity contribution in [1.82, 2.24) is 9.29 Å². The second-order valence-electron chi connectivity index (χ2n) is 6.92. The van der Waals surface area contributed by atoms with E-state index < -0.39 is 10.0 Å². The molecule has 0 spiro atoms. The molecule has 6 nitrogen and oxygen atoms in total. The van der Waals surface area contributed by atoms with Crippen LogP contribution in [0.25, 0.3) is 11.1 Å². The van der Waals surface area contributed by atoms with Crippen molar-refractivity contribution in [2.24, 2.45) is 0 Å². The predicted molar refractivity (Wildman–Crippen MR) is 108 cm³/mol. The molecule has 0 fully saturated rings. The van der Waals surface area contributed by atoms with Crippen LogP contribution in [0, 0.1) is 0 Å². The highest BCUT2D eigenvalue weighted by molar-refractivity contribution is 8.00. The maximum atomic E-state index is 12.9. The fourth-order valence-corrected chi connectivity index (χ4v) is 5.28. The molecule has 0 saturated carbocycles. The van der Waals surface area contributed by atoms with E-state index in [0.29, 0.717) is 16.3 Å². The molecule has 146 valence electrons. The Morgan fingerprint density at radius 1 is 1.18 bits per heavy atom. The minimum Gasteiger partial charge on any atom is -0.431 e. The first-order valence-electron chi connectivity index (χ1n) is 8.98. The zero-order valence-electron chi connectivity index (χ0n) is 15.6. The highest BCUT2D eigenvalue weighted by Crippen LogP contribution is 2.34. The van der Waals surface area contributed by atoms with E-state index in [-0.39, 0.29) is 15.9 Å². The first-order chi connectivity index (χ1) is 13.4. The Labute approximate surface area is 168 Å². The third kappa shape index (κ3) is 3.47. The second kappa shape index (κ2) is 7.35. The average molecular weight is 417 g/mol. The number of oxazole rings is 1. The molecule has 0 radical (unpaired) electrons. The number of hydrogen-bond acceptors (Lipinski definition) is 6. The van der Waals surface area contributed by atoms with Crippen molar-refractivity contribution in [3.05, 3.63) is 53.6 Å². The summed E-state index contributed by atoms with van der Waals surface area (Å²) in [6.07, 6.45) is 2.56. The van der Waals surface area contributed by atoms with Crippen molar-refractivity contribution >= 4 is 38.7 Å². The van der Waals surface area contributed by atoms with Crippen molar-refractivity contribution in [3.63, 3.8) is 0 Å². The summed E-state index contributed by atoms with van der Waals surface area (Å²) in [6.45, 7) is 0. The number of sulfonamides is 1. The molecule has 0 amide bonds. The molecule has 0 aliphatic heterocycles. The van der Waals surface area contributed by atoms with Gasteiger partial charge in [-0.25, -0.2) is 17.7 Å². The summed E-state index contributed by atoms with van der Waals surface area (Å²) in [4.78, 5) is 17.5. The number of ketones is 1. The van der Waals surface area contributed by atoms with E-state index in [9.17, 15) is 13.2 Å². The van der Waals surface area contributed by atoms with Gasteiger partial charge in [0, 0.05) is 19.7 Å². The summed E-state index contributed by atoms with van der Waals surface area (Å²) in [6, 6.07) is 12.3. The number of carbonyl (C=O) groups is 1. The number of fused-ring (bicyclic) bond motifs is 2. The van der Waals surface area contributed by atoms with Crippen LogP contribution in [0.3, 0.4) is 0 Å². The molecule has 1 aliphatic rings. The van der Waals surface area contributed by atoms with Crippen LogP contribution in [0.5, 0.6) is 0 Å². The normalized spacial score (nSPS) is 17.7. The highest BCUT2D eigenvalue weighted by Gasteiger charge is 2.28. The molecule has 8 heteroatoms. The van der Waals surface area contributed by atoms with Crippen LogP contribution in [0.2, 0.25) is 0 Å². The number of thioether (sulfide) groups is 1. The van der Waals surface area contributed by atoms with Gasteiger partial charge in [0.15, 0.2) is 11.4 Å². The molecular formula is C20H20N2O4S2. The molecule has 1 heterocycles. The van der Waals surface area contributed by atoms with Gasteiger partial charge in [-0.2, -0.15) is 0 Å². The lowest BCUT2D eigenvalue weighted by molar-refractivity contribution is 0.0988. The Balaban J connectivity index is 1.63. The van der Waals surface area contributed by atoms with Crippen LogP contribution < -0.4 is 0 Å². The third-order valence-electron chi connectivity index (χ3n) is 4.85. The number of hydrogen-bond donors (Lipinski definition) is 0. The average Bonchev–Trinajstić information content (AvgIpc) is 3.01. The monoisotopic (exact) mass is 416 g/mol. The van der Waals surface area contributed by atoms with E-state index in [0.717, 1.165) is 34.7 Å². The minimum absolute atomic E-state index is 0.0937. The van der Waals surface area contributed by atoms with Crippen LogP contribution in [-0.4, -0.2) is 42.8 Å². The SMILES string of the molecule is CN(C)S(=O)(=O)c1ccc2oc(SC3CCCc4ccccc4C3=O)nc2c1. The summed E-state index contributed by atoms with van der Waals surface area (Å²) < 4.78 is 31.6. The van der Waals surface area contributed by atoms with Gasteiger partial charge in [-0.15, -0.1) is 0 Å². The first-order valence-corrected chi connectivity index (χ1v) is 11.3. The van der Waals surface area contributed by atoms with Gasteiger partial charge >= 0.3 is 0 Å². The van der Waals surface area contributed by atoms with E-state index in [1.165, 1.54) is 38.0 Å². The van der Waals surface area contributed by atoms with Crippen LogP contribution in [-0.2, 0) is 16.4 Å². The number of nitrogens with zero attached hydrogens (tertiary/aromatic N) is 2. The zero-order chi connectivity index (χ0) is 19.9. The number of benzene rings is 2. The summed E-state index contributed by atoms with van der Waals surface area (Å²) >= 11 is 1.31. The second-order valence-corrected chi connectivity index (χ2v) is 10.2. The molecule has 0 bridgehead atoms. The molecular weight excluding hydrogens is 396 g/mol. The number of carbonyl (C=O) groups excluding carboxylic acids is 1. The molecule has 3 aromatic rings. The predicted octanol–water partition coefficient (Wildman–Crippen LogP) is 3.76. The van der Waals surface area contributed by atoms with Gasteiger partial charge in [0.1, 0.15) is 5.52 Å². The highest BCUT2D eigenvalue weighted by atomic mass is 32.2. The fourth-order valence-electron chi connectivity index (χ4n) is 3.30. The fraction of sp³-hybridized carbons (Fsp3) is 0.300. The molecule has 0 N–H and O–H groups in total. The van der Waals surface area contributed by atoms with Gasteiger partial charge in [0.2, 0.25) is 10.0 Å². The Morgan fingerprint density at radius 2 is 1.96 bits per heavy atom. The topological polar surface area (TPSA) is 80.5 Å². The summed E-state index contributed by atoms with van der Waals surface area (Å²) in [7, 11) is -0.572. The molecule has 1 aromatic heterocycles. The maximum Gasteiger partial charge on any atom is 0.257 e. The Kier molecular flexibility index (Phi) is 5.03. The smallest absolute Gasteiger partial charge is 0.257 e. The van der Waals surface area contributed by atoms with Gasteiger partial charge < -0.3 is 4.42 Å². The molecule has 0 saturated heterocycles. The Hall–Kier alpha value is -2.16. The number of aryl methyl sites for hydroxylation is 1. The van der Waals surface area contributed by atoms with Gasteiger partial charge in [-0.3, -0.25) is 4.79 Å². The van der Waals surface area contributed by atoms with E-state index in [1.807, 2.05) is 24.3 Å². The zero-order valence-corrected chi connectivity index (χ0v) is 17.2. The Morgan fingerprint density at radius 3 is 2.75 bits per heavy atom. The Bertz CT molecular complexity index is 1150. The largest absolute Gasteiger partial charge is 0.431 e. The number of rotatable bonds is 4. The first kappa shape index (κ1) is 19.2. The molecule has 4 rings (SSSR count). The quantitative estimate of drug-likeness (QED) is 0.603. The lowest BCUT2D eigenvalue weighted by Crippen LogP contribution is -2.22. The van der Waals surface area contributed by atoms with Gasteiger partial charge in [-0.1, -0.05) is 36.0 Å². The summed E-state index contributed by atoms with van der Waals surface area (Å²) in [5.41, 5.74) is 2.83. The molecule has 1 aliphatic carbocycles. The molecule has 1 atom stereocenters. The van der Waals surface area contributed by atoms with E-state index >= 15 is 0 Å². The third-order valence-corrected chi connectivity index (χ3v) is 7.77. The van der Waals surface area contributed by atoms with Crippen LogP contribution in [0.4, 0.5) is 0 Å². The summed E-state index contributed by atoms with van der Waals surface area (Å²) in [5.74, 6) is 0.0937. The number of aromatic nitrogens is 1. The van der Waals surface area contributed by atoms with Crippen LogP contribution in [0.1, 0.15) is 28.8 Å². The minimum atomic E-state index is -3.54. The molecule has 1 unspecified atom stereocenters. The van der Waals surface area contributed by atoms with E-state index in [1.54, 1.807) is 6.07 Å². The maximum absolute atomic E-state index is 12.9. The van der Waals surface area contributed by atoms with Crippen molar-refractivity contribution in [2.75, 3.05) is 14.1 Å². The van der Waals surface area contributed by atoms with Gasteiger partial charge in [0.05, 0.1) is 10.1 Å². The van der Waals surface area contributed by atoms with Crippen molar-refractivity contribution in [2.45, 2.75) is 34.6 Å². The van der Waals surface area contributed by atoms with Crippen molar-refractivity contribution < 1.29 is 17.6 Å². The lowest BCUT2D eigenvalue weighted by atomic mass is 10.0. The van der Waals surface area contributed by atoms with E-state index in [2.05, 4.69) is 4.98 Å². The van der Waals surface area contributed by atoms with Crippen molar-refractivity contribution in [1.29, 1.82) is 0 Å². The van der Waals surface area contributed by atoms with Crippen LogP contribution >= 0.6 is 11.8 Å². The molecule has 28 heavy (non-hydrogen) atoms. The van der Waals surface area contributed by atoms with Crippen molar-refractivity contribution in [3.8, 4) is 0 Å². The lowest BCUT2D eigenvalue weighted by Gasteiger charge is -2.10.